The molecule has 0 unspecified atom stereocenters. The topological polar surface area (TPSA) is 50.2 Å². The number of halogens is 2. The number of hydrogen-bond donors (Lipinski definition) is 1. The van der Waals surface area contributed by atoms with Crippen LogP contribution in [0.1, 0.15) is 18.3 Å². The highest BCUT2D eigenvalue weighted by molar-refractivity contribution is 6.29. The highest BCUT2D eigenvalue weighted by atomic mass is 35.5. The van der Waals surface area contributed by atoms with E-state index in [2.05, 4.69) is 20.5 Å². The average Bonchev–Trinajstić information content (AvgIpc) is 2.36. The summed E-state index contributed by atoms with van der Waals surface area (Å²) in [5.74, 6) is 0.798. The molecule has 0 aliphatic carbocycles. The number of aromatic nitrogens is 2. The lowest BCUT2D eigenvalue weighted by Gasteiger charge is -2.04. The summed E-state index contributed by atoms with van der Waals surface area (Å²) in [5, 5.41) is 4.52. The molecule has 0 fully saturated rings. The Labute approximate surface area is 115 Å². The van der Waals surface area contributed by atoms with E-state index in [9.17, 15) is 4.39 Å². The molecule has 1 aromatic heterocycles. The number of hydrazone groups is 1. The van der Waals surface area contributed by atoms with E-state index >= 15 is 0 Å². The summed E-state index contributed by atoms with van der Waals surface area (Å²) >= 11 is 5.82. The summed E-state index contributed by atoms with van der Waals surface area (Å²) < 4.78 is 12.8. The molecule has 0 spiro atoms. The summed E-state index contributed by atoms with van der Waals surface area (Å²) in [4.78, 5) is 8.09. The van der Waals surface area contributed by atoms with Gasteiger partial charge in [0.15, 0.2) is 5.82 Å². The first-order chi connectivity index (χ1) is 9.04. The molecule has 1 heterocycles. The quantitative estimate of drug-likeness (QED) is 0.532. The van der Waals surface area contributed by atoms with Crippen LogP contribution in [0.2, 0.25) is 5.15 Å². The fourth-order valence-corrected chi connectivity index (χ4v) is 1.71. The molecular formula is C13H12ClFN4. The van der Waals surface area contributed by atoms with Crippen molar-refractivity contribution < 1.29 is 4.39 Å². The third-order valence-corrected chi connectivity index (χ3v) is 2.60. The summed E-state index contributed by atoms with van der Waals surface area (Å²) in [6, 6.07) is 7.68. The minimum Gasteiger partial charge on any atom is -0.261 e. The van der Waals surface area contributed by atoms with Gasteiger partial charge in [-0.15, -0.1) is 0 Å². The number of nitrogens with zero attached hydrogens (tertiary/aromatic N) is 3. The van der Waals surface area contributed by atoms with Crippen LogP contribution in [-0.2, 0) is 0 Å². The molecule has 0 saturated carbocycles. The lowest BCUT2D eigenvalue weighted by molar-refractivity contribution is 0.628. The Morgan fingerprint density at radius 1 is 1.26 bits per heavy atom. The largest absolute Gasteiger partial charge is 0.261 e. The van der Waals surface area contributed by atoms with E-state index in [1.54, 1.807) is 25.1 Å². The second-order valence-electron chi connectivity index (χ2n) is 3.94. The maximum atomic E-state index is 12.8. The first-order valence-electron chi connectivity index (χ1n) is 5.62. The Kier molecular flexibility index (Phi) is 4.06. The standard InChI is InChI=1S/C13H12ClFN4/c1-8(10-3-5-11(15)6-4-10)18-19-13-7-12(14)16-9(2)17-13/h3-7H,1-2H3,(H,16,17,19)/b18-8-. The zero-order valence-corrected chi connectivity index (χ0v) is 11.2. The van der Waals surface area contributed by atoms with Gasteiger partial charge in [0.05, 0.1) is 5.71 Å². The number of aryl methyl sites for hydroxylation is 1. The van der Waals surface area contributed by atoms with E-state index < -0.39 is 0 Å². The van der Waals surface area contributed by atoms with Crippen molar-refractivity contribution in [1.82, 2.24) is 9.97 Å². The number of anilines is 1. The van der Waals surface area contributed by atoms with Crippen LogP contribution in [0.4, 0.5) is 10.2 Å². The molecular weight excluding hydrogens is 267 g/mol. The number of hydrogen-bond acceptors (Lipinski definition) is 4. The Balaban J connectivity index is 2.15. The summed E-state index contributed by atoms with van der Waals surface area (Å²) in [6.45, 7) is 3.56. The molecule has 1 N–H and O–H groups in total. The van der Waals surface area contributed by atoms with Crippen LogP contribution in [0.25, 0.3) is 0 Å². The highest BCUT2D eigenvalue weighted by Crippen LogP contribution is 2.11. The van der Waals surface area contributed by atoms with Crippen molar-refractivity contribution in [2.45, 2.75) is 13.8 Å². The van der Waals surface area contributed by atoms with Crippen molar-refractivity contribution in [2.75, 3.05) is 5.43 Å². The molecule has 2 rings (SSSR count). The van der Waals surface area contributed by atoms with Crippen LogP contribution in [0, 0.1) is 12.7 Å². The second kappa shape index (κ2) is 5.75. The number of benzene rings is 1. The third-order valence-electron chi connectivity index (χ3n) is 2.41. The molecule has 0 radical (unpaired) electrons. The number of nitrogens with one attached hydrogen (secondary N) is 1. The van der Waals surface area contributed by atoms with Crippen LogP contribution in [0.5, 0.6) is 0 Å². The van der Waals surface area contributed by atoms with E-state index in [1.807, 2.05) is 6.92 Å². The molecule has 4 nitrogen and oxygen atoms in total. The van der Waals surface area contributed by atoms with Crippen LogP contribution in [0.15, 0.2) is 35.4 Å². The maximum Gasteiger partial charge on any atom is 0.151 e. The Hall–Kier alpha value is -2.01. The van der Waals surface area contributed by atoms with Crippen molar-refractivity contribution in [3.8, 4) is 0 Å². The molecule has 6 heteroatoms. The normalized spacial score (nSPS) is 11.5. The second-order valence-corrected chi connectivity index (χ2v) is 4.33. The maximum absolute atomic E-state index is 12.8. The van der Waals surface area contributed by atoms with E-state index in [1.165, 1.54) is 12.1 Å². The van der Waals surface area contributed by atoms with Gasteiger partial charge in [-0.3, -0.25) is 5.43 Å². The minimum atomic E-state index is -0.275. The van der Waals surface area contributed by atoms with Crippen LogP contribution >= 0.6 is 11.6 Å². The molecule has 0 aliphatic heterocycles. The fraction of sp³-hybridized carbons (Fsp3) is 0.154. The smallest absolute Gasteiger partial charge is 0.151 e. The van der Waals surface area contributed by atoms with E-state index in [4.69, 9.17) is 11.6 Å². The summed E-state index contributed by atoms with van der Waals surface area (Å²) in [6.07, 6.45) is 0. The van der Waals surface area contributed by atoms with Crippen molar-refractivity contribution in [3.63, 3.8) is 0 Å². The monoisotopic (exact) mass is 278 g/mol. The van der Waals surface area contributed by atoms with Crippen LogP contribution in [-0.4, -0.2) is 15.7 Å². The Morgan fingerprint density at radius 2 is 1.95 bits per heavy atom. The fourth-order valence-electron chi connectivity index (χ4n) is 1.49. The zero-order chi connectivity index (χ0) is 13.8. The van der Waals surface area contributed by atoms with E-state index in [-0.39, 0.29) is 5.82 Å². The molecule has 0 saturated heterocycles. The predicted molar refractivity (Wildman–Crippen MR) is 74.0 cm³/mol. The average molecular weight is 279 g/mol. The van der Waals surface area contributed by atoms with Gasteiger partial charge >= 0.3 is 0 Å². The lowest BCUT2D eigenvalue weighted by atomic mass is 10.1. The van der Waals surface area contributed by atoms with Gasteiger partial charge in [0, 0.05) is 6.07 Å². The van der Waals surface area contributed by atoms with E-state index in [0.29, 0.717) is 22.5 Å². The number of rotatable bonds is 3. The summed E-state index contributed by atoms with van der Waals surface area (Å²) in [5.41, 5.74) is 4.34. The van der Waals surface area contributed by atoms with Crippen LogP contribution in [0.3, 0.4) is 0 Å². The van der Waals surface area contributed by atoms with Gasteiger partial charge < -0.3 is 0 Å². The minimum absolute atomic E-state index is 0.275. The predicted octanol–water partition coefficient (Wildman–Crippen LogP) is 3.41. The summed E-state index contributed by atoms with van der Waals surface area (Å²) in [7, 11) is 0. The molecule has 2 aromatic rings. The molecule has 98 valence electrons. The molecule has 19 heavy (non-hydrogen) atoms. The molecule has 0 atom stereocenters. The van der Waals surface area contributed by atoms with Crippen molar-refractivity contribution in [3.05, 3.63) is 52.7 Å². The van der Waals surface area contributed by atoms with Gasteiger partial charge in [-0.2, -0.15) is 5.10 Å². The molecule has 1 aromatic carbocycles. The lowest BCUT2D eigenvalue weighted by Crippen LogP contribution is -2.02. The Bertz CT molecular complexity index is 590. The first kappa shape index (κ1) is 13.4. The van der Waals surface area contributed by atoms with Gasteiger partial charge in [0.2, 0.25) is 0 Å². The highest BCUT2D eigenvalue weighted by Gasteiger charge is 2.00. The van der Waals surface area contributed by atoms with Gasteiger partial charge in [-0.05, 0) is 31.5 Å². The van der Waals surface area contributed by atoms with Crippen molar-refractivity contribution in [1.29, 1.82) is 0 Å². The van der Waals surface area contributed by atoms with Gasteiger partial charge in [-0.1, -0.05) is 23.7 Å². The van der Waals surface area contributed by atoms with Gasteiger partial charge in [0.25, 0.3) is 0 Å². The molecule has 0 amide bonds. The van der Waals surface area contributed by atoms with Gasteiger partial charge in [-0.25, -0.2) is 14.4 Å². The van der Waals surface area contributed by atoms with Crippen LogP contribution < -0.4 is 5.43 Å². The van der Waals surface area contributed by atoms with Crippen molar-refractivity contribution in [2.24, 2.45) is 5.10 Å². The van der Waals surface area contributed by atoms with Crippen molar-refractivity contribution >= 4 is 23.1 Å². The first-order valence-corrected chi connectivity index (χ1v) is 6.00. The Morgan fingerprint density at radius 3 is 2.58 bits per heavy atom. The molecule has 0 bridgehead atoms. The zero-order valence-electron chi connectivity index (χ0n) is 10.5. The SMILES string of the molecule is C/C(=N/Nc1cc(Cl)nc(C)n1)c1ccc(F)cc1. The van der Waals surface area contributed by atoms with E-state index in [0.717, 1.165) is 5.56 Å². The van der Waals surface area contributed by atoms with Gasteiger partial charge in [0.1, 0.15) is 16.8 Å². The third kappa shape index (κ3) is 3.72. The molecule has 0 aliphatic rings.